The molecule has 0 fully saturated rings. The molecule has 0 unspecified atom stereocenters. The fraction of sp³-hybridized carbons (Fsp3) is 0.0784. The van der Waals surface area contributed by atoms with Gasteiger partial charge in [0.05, 0.1) is 28.1 Å². The van der Waals surface area contributed by atoms with Gasteiger partial charge in [-0.05, 0) is 126 Å². The molecular formula is C51H41N3S. The molecule has 0 saturated heterocycles. The first-order valence-corrected chi connectivity index (χ1v) is 19.7. The number of rotatable bonds is 8. The molecule has 4 heteroatoms. The minimum Gasteiger partial charge on any atom is -0.308 e. The average Bonchev–Trinajstić information content (AvgIpc) is 3.58. The van der Waals surface area contributed by atoms with Crippen molar-refractivity contribution in [3.63, 3.8) is 0 Å². The van der Waals surface area contributed by atoms with Crippen LogP contribution in [0, 0.1) is 0 Å². The van der Waals surface area contributed by atoms with E-state index >= 15 is 0 Å². The lowest BCUT2D eigenvalue weighted by molar-refractivity contribution is 0.996. The highest BCUT2D eigenvalue weighted by Gasteiger charge is 2.26. The zero-order valence-corrected chi connectivity index (χ0v) is 32.0. The van der Waals surface area contributed by atoms with Crippen molar-refractivity contribution in [1.82, 2.24) is 9.55 Å². The second-order valence-corrected chi connectivity index (χ2v) is 14.9. The Bertz CT molecular complexity index is 2790. The Labute approximate surface area is 327 Å². The van der Waals surface area contributed by atoms with Crippen molar-refractivity contribution in [1.29, 1.82) is 0 Å². The lowest BCUT2D eigenvalue weighted by atomic mass is 9.92. The maximum atomic E-state index is 5.37. The Balaban J connectivity index is 1.27. The van der Waals surface area contributed by atoms with Gasteiger partial charge in [0.25, 0.3) is 0 Å². The minimum atomic E-state index is 0.862. The van der Waals surface area contributed by atoms with Gasteiger partial charge < -0.3 is 4.90 Å². The Morgan fingerprint density at radius 3 is 2.35 bits per heavy atom. The zero-order valence-electron chi connectivity index (χ0n) is 31.2. The summed E-state index contributed by atoms with van der Waals surface area (Å²) in [4.78, 5) is 10.2. The highest BCUT2D eigenvalue weighted by molar-refractivity contribution is 7.99. The van der Waals surface area contributed by atoms with Crippen LogP contribution in [0.3, 0.4) is 0 Å². The first kappa shape index (κ1) is 34.4. The van der Waals surface area contributed by atoms with Gasteiger partial charge in [0, 0.05) is 26.3 Å². The molecule has 266 valence electrons. The van der Waals surface area contributed by atoms with Gasteiger partial charge in [-0.3, -0.25) is 4.57 Å². The number of allylic oxidation sites excluding steroid dienone is 9. The summed E-state index contributed by atoms with van der Waals surface area (Å²) >= 11 is 1.84. The molecule has 2 aromatic heterocycles. The summed E-state index contributed by atoms with van der Waals surface area (Å²) in [6, 6.07) is 42.1. The predicted octanol–water partition coefficient (Wildman–Crippen LogP) is 14.5. The minimum absolute atomic E-state index is 0.862. The fourth-order valence-corrected chi connectivity index (χ4v) is 9.17. The fourth-order valence-electron chi connectivity index (χ4n) is 8.08. The first-order valence-electron chi connectivity index (χ1n) is 18.9. The Morgan fingerprint density at radius 2 is 1.53 bits per heavy atom. The zero-order chi connectivity index (χ0) is 37.5. The quantitative estimate of drug-likeness (QED) is 0.145. The number of aryl methyl sites for hydroxylation is 1. The van der Waals surface area contributed by atoms with Crippen LogP contribution in [0.25, 0.3) is 56.0 Å². The molecule has 0 amide bonds. The van der Waals surface area contributed by atoms with E-state index in [9.17, 15) is 0 Å². The van der Waals surface area contributed by atoms with Crippen LogP contribution in [-0.2, 0) is 6.42 Å². The molecule has 0 radical (unpaired) electrons. The number of hydrogen-bond acceptors (Lipinski definition) is 3. The molecule has 0 bridgehead atoms. The van der Waals surface area contributed by atoms with E-state index in [-0.39, 0.29) is 0 Å². The van der Waals surface area contributed by atoms with Gasteiger partial charge in [0.2, 0.25) is 0 Å². The molecular weight excluding hydrogens is 687 g/mol. The second-order valence-electron chi connectivity index (χ2n) is 13.9. The number of hydrogen-bond donors (Lipinski definition) is 0. The number of benzene rings is 5. The molecule has 1 aliphatic carbocycles. The highest BCUT2D eigenvalue weighted by atomic mass is 32.2. The maximum Gasteiger partial charge on any atom is 0.138 e. The van der Waals surface area contributed by atoms with Gasteiger partial charge in [-0.2, -0.15) is 0 Å². The van der Waals surface area contributed by atoms with Gasteiger partial charge in [0.1, 0.15) is 5.82 Å². The van der Waals surface area contributed by atoms with Crippen LogP contribution in [0.15, 0.2) is 181 Å². The lowest BCUT2D eigenvalue weighted by Gasteiger charge is -2.33. The molecule has 3 nitrogen and oxygen atoms in total. The van der Waals surface area contributed by atoms with Crippen LogP contribution in [0.1, 0.15) is 42.7 Å². The van der Waals surface area contributed by atoms with Crippen LogP contribution in [-0.4, -0.2) is 9.55 Å². The van der Waals surface area contributed by atoms with E-state index < -0.39 is 0 Å². The molecule has 2 aliphatic rings. The summed E-state index contributed by atoms with van der Waals surface area (Å²) in [5, 5.41) is 2.54. The van der Waals surface area contributed by atoms with Crippen LogP contribution >= 0.6 is 11.8 Å². The number of para-hydroxylation sites is 2. The van der Waals surface area contributed by atoms with Crippen molar-refractivity contribution >= 4 is 67.9 Å². The van der Waals surface area contributed by atoms with Gasteiger partial charge in [-0.1, -0.05) is 128 Å². The van der Waals surface area contributed by atoms with E-state index in [0.29, 0.717) is 0 Å². The third-order valence-electron chi connectivity index (χ3n) is 10.7. The largest absolute Gasteiger partial charge is 0.308 e. The van der Waals surface area contributed by atoms with Crippen LogP contribution in [0.4, 0.5) is 17.1 Å². The Morgan fingerprint density at radius 1 is 0.745 bits per heavy atom. The molecule has 55 heavy (non-hydrogen) atoms. The van der Waals surface area contributed by atoms with Gasteiger partial charge >= 0.3 is 0 Å². The monoisotopic (exact) mass is 727 g/mol. The number of anilines is 3. The van der Waals surface area contributed by atoms with Gasteiger partial charge in [-0.15, -0.1) is 0 Å². The summed E-state index contributed by atoms with van der Waals surface area (Å²) < 4.78 is 2.37. The van der Waals surface area contributed by atoms with E-state index in [2.05, 4.69) is 168 Å². The maximum absolute atomic E-state index is 5.37. The van der Waals surface area contributed by atoms with Gasteiger partial charge in [-0.25, -0.2) is 4.98 Å². The molecule has 1 aliphatic heterocycles. The van der Waals surface area contributed by atoms with Crippen molar-refractivity contribution in [2.75, 3.05) is 4.90 Å². The topological polar surface area (TPSA) is 21.1 Å². The number of aromatic nitrogens is 2. The molecule has 9 rings (SSSR count). The number of nitrogens with zero attached hydrogens (tertiary/aromatic N) is 3. The first-order chi connectivity index (χ1) is 27.1. The summed E-state index contributed by atoms with van der Waals surface area (Å²) in [7, 11) is 0. The Hall–Kier alpha value is -6.36. The second kappa shape index (κ2) is 14.5. The molecule has 7 aromatic rings. The number of fused-ring (bicyclic) bond motifs is 7. The molecule has 0 atom stereocenters. The smallest absolute Gasteiger partial charge is 0.138 e. The van der Waals surface area contributed by atoms with Crippen molar-refractivity contribution in [3.8, 4) is 16.9 Å². The van der Waals surface area contributed by atoms with E-state index in [1.807, 2.05) is 43.8 Å². The molecule has 0 saturated carbocycles. The molecule has 0 N–H and O–H groups in total. The summed E-state index contributed by atoms with van der Waals surface area (Å²) in [5.41, 5.74) is 14.8. The predicted molar refractivity (Wildman–Crippen MR) is 237 cm³/mol. The van der Waals surface area contributed by atoms with E-state index in [0.717, 1.165) is 63.3 Å². The van der Waals surface area contributed by atoms with Crippen LogP contribution in [0.2, 0.25) is 0 Å². The summed E-state index contributed by atoms with van der Waals surface area (Å²) in [6.07, 6.45) is 18.7. The summed E-state index contributed by atoms with van der Waals surface area (Å²) in [6.45, 7) is 12.4. The van der Waals surface area contributed by atoms with Crippen LogP contribution < -0.4 is 4.90 Å². The highest BCUT2D eigenvalue weighted by Crippen LogP contribution is 2.52. The Kier molecular flexibility index (Phi) is 9.05. The van der Waals surface area contributed by atoms with Crippen molar-refractivity contribution in [2.45, 2.75) is 36.5 Å². The SMILES string of the molecule is C=C/C(=C\C=C/C)c1cc(/C(C=C)=C/C)nc(-n2c3cc(-c4ccc5c(c4)Sc4ccccc4N5c4ccccc4)ccc3c3c4c(ccc32)C=CCC4)c1. The summed E-state index contributed by atoms with van der Waals surface area (Å²) in [5.74, 6) is 0.862. The average molecular weight is 728 g/mol. The van der Waals surface area contributed by atoms with Crippen molar-refractivity contribution in [2.24, 2.45) is 0 Å². The van der Waals surface area contributed by atoms with Crippen molar-refractivity contribution < 1.29 is 0 Å². The van der Waals surface area contributed by atoms with E-state index in [1.165, 1.54) is 48.6 Å². The lowest BCUT2D eigenvalue weighted by Crippen LogP contribution is -2.14. The molecule has 5 aromatic carbocycles. The molecule has 0 spiro atoms. The third kappa shape index (κ3) is 6.00. The van der Waals surface area contributed by atoms with Crippen LogP contribution in [0.5, 0.6) is 0 Å². The number of pyridine rings is 1. The molecule has 3 heterocycles. The van der Waals surface area contributed by atoms with E-state index in [4.69, 9.17) is 4.98 Å². The normalized spacial score (nSPS) is 14.0. The standard InChI is InChI=1S/C51H41N3S/c1-5-9-17-35(8-4)39-30-43(34(6-2)7-3)52-50(33-39)54-46-29-25-36-18-13-14-21-41(36)51(46)42-27-24-37(31-47(42)54)38-26-28-45-49(32-38)55-48-23-16-15-22-44(48)53(45)40-19-11-10-12-20-40/h5-13,15-20,22-33H,2,4,14,21H2,1,3H3/b9-5-,34-7+,35-17+. The van der Waals surface area contributed by atoms with E-state index in [1.54, 1.807) is 0 Å². The van der Waals surface area contributed by atoms with Gasteiger partial charge in [0.15, 0.2) is 0 Å². The van der Waals surface area contributed by atoms with Crippen molar-refractivity contribution in [3.05, 3.63) is 193 Å². The third-order valence-corrected chi connectivity index (χ3v) is 11.8.